The summed E-state index contributed by atoms with van der Waals surface area (Å²) in [6, 6.07) is 0. The number of hydrogen-bond acceptors (Lipinski definition) is 3. The lowest BCUT2D eigenvalue weighted by molar-refractivity contribution is 0.586. The summed E-state index contributed by atoms with van der Waals surface area (Å²) in [6.45, 7) is 8.79. The van der Waals surface area contributed by atoms with Crippen molar-refractivity contribution in [3.8, 4) is 0 Å². The number of nitrogens with zero attached hydrogens (tertiary/aromatic N) is 3. The lowest BCUT2D eigenvalue weighted by atomic mass is 10.3. The van der Waals surface area contributed by atoms with Gasteiger partial charge in [0, 0.05) is 13.1 Å². The predicted octanol–water partition coefficient (Wildman–Crippen LogP) is 1.35. The Morgan fingerprint density at radius 1 is 1.57 bits per heavy atom. The van der Waals surface area contributed by atoms with Crippen molar-refractivity contribution in [2.45, 2.75) is 33.9 Å². The number of aryl methyl sites for hydroxylation is 1. The molecule has 0 saturated carbocycles. The van der Waals surface area contributed by atoms with Gasteiger partial charge in [0.05, 0.1) is 6.54 Å². The van der Waals surface area contributed by atoms with Crippen LogP contribution < -0.4 is 5.32 Å². The Labute approximate surface area is 85.0 Å². The summed E-state index contributed by atoms with van der Waals surface area (Å²) in [5, 5.41) is 7.39. The highest BCUT2D eigenvalue weighted by Crippen LogP contribution is 1.93. The highest BCUT2D eigenvalue weighted by Gasteiger charge is 1.99. The topological polar surface area (TPSA) is 42.7 Å². The molecule has 0 aliphatic heterocycles. The average molecular weight is 194 g/mol. The molecule has 1 aromatic heterocycles. The van der Waals surface area contributed by atoms with Gasteiger partial charge in [-0.05, 0) is 20.8 Å². The molecule has 0 radical (unpaired) electrons. The van der Waals surface area contributed by atoms with Gasteiger partial charge in [0.2, 0.25) is 0 Å². The van der Waals surface area contributed by atoms with Crippen LogP contribution in [-0.4, -0.2) is 21.3 Å². The maximum Gasteiger partial charge on any atom is 0.140 e. The van der Waals surface area contributed by atoms with Gasteiger partial charge in [0.1, 0.15) is 12.2 Å². The van der Waals surface area contributed by atoms with Gasteiger partial charge in [-0.2, -0.15) is 5.10 Å². The largest absolute Gasteiger partial charge is 0.306 e. The van der Waals surface area contributed by atoms with E-state index in [0.717, 1.165) is 25.5 Å². The third-order valence-corrected chi connectivity index (χ3v) is 1.93. The van der Waals surface area contributed by atoms with Crippen LogP contribution in [0.5, 0.6) is 0 Å². The molecule has 1 heterocycles. The van der Waals surface area contributed by atoms with Crippen LogP contribution in [0.15, 0.2) is 18.0 Å². The zero-order valence-corrected chi connectivity index (χ0v) is 9.12. The van der Waals surface area contributed by atoms with Crippen LogP contribution >= 0.6 is 0 Å². The molecule has 1 aromatic rings. The number of nitrogens with one attached hydrogen (secondary N) is 1. The maximum atomic E-state index is 4.17. The van der Waals surface area contributed by atoms with E-state index in [1.807, 2.05) is 4.68 Å². The molecule has 14 heavy (non-hydrogen) atoms. The Kier molecular flexibility index (Phi) is 4.32. The summed E-state index contributed by atoms with van der Waals surface area (Å²) in [5.41, 5.74) is 1.33. The molecule has 78 valence electrons. The molecule has 0 aliphatic rings. The second-order valence-electron chi connectivity index (χ2n) is 3.40. The highest BCUT2D eigenvalue weighted by molar-refractivity contribution is 4.95. The van der Waals surface area contributed by atoms with Crippen molar-refractivity contribution >= 4 is 0 Å². The Morgan fingerprint density at radius 3 is 3.00 bits per heavy atom. The van der Waals surface area contributed by atoms with E-state index in [0.29, 0.717) is 0 Å². The van der Waals surface area contributed by atoms with E-state index >= 15 is 0 Å². The van der Waals surface area contributed by atoms with Gasteiger partial charge in [-0.25, -0.2) is 9.67 Å². The lowest BCUT2D eigenvalue weighted by Crippen LogP contribution is -2.17. The molecule has 0 atom stereocenters. The van der Waals surface area contributed by atoms with Crippen LogP contribution in [0.2, 0.25) is 0 Å². The first-order valence-corrected chi connectivity index (χ1v) is 4.94. The van der Waals surface area contributed by atoms with Crippen LogP contribution in [0.3, 0.4) is 0 Å². The van der Waals surface area contributed by atoms with E-state index in [2.05, 4.69) is 42.2 Å². The minimum atomic E-state index is 0.775. The number of hydrogen-bond donors (Lipinski definition) is 1. The first kappa shape index (κ1) is 10.9. The van der Waals surface area contributed by atoms with Crippen molar-refractivity contribution in [3.05, 3.63) is 23.8 Å². The molecule has 1 N–H and O–H groups in total. The van der Waals surface area contributed by atoms with Crippen molar-refractivity contribution in [3.63, 3.8) is 0 Å². The van der Waals surface area contributed by atoms with Crippen molar-refractivity contribution in [2.75, 3.05) is 6.54 Å². The first-order chi connectivity index (χ1) is 6.74. The Morgan fingerprint density at radius 2 is 2.36 bits per heavy atom. The normalized spacial score (nSPS) is 10.2. The molecule has 0 aliphatic carbocycles. The summed E-state index contributed by atoms with van der Waals surface area (Å²) in [7, 11) is 0. The fourth-order valence-corrected chi connectivity index (χ4v) is 1.15. The Balaban J connectivity index is 2.34. The van der Waals surface area contributed by atoms with Crippen molar-refractivity contribution in [1.29, 1.82) is 0 Å². The van der Waals surface area contributed by atoms with Crippen LogP contribution in [0, 0.1) is 0 Å². The highest BCUT2D eigenvalue weighted by atomic mass is 15.3. The number of allylic oxidation sites excluding steroid dienone is 1. The predicted molar refractivity (Wildman–Crippen MR) is 56.8 cm³/mol. The molecule has 0 amide bonds. The molecule has 0 bridgehead atoms. The molecule has 0 spiro atoms. The summed E-state index contributed by atoms with van der Waals surface area (Å²) in [6.07, 6.45) is 3.76. The fourth-order valence-electron chi connectivity index (χ4n) is 1.15. The summed E-state index contributed by atoms with van der Waals surface area (Å²) in [5.74, 6) is 0.995. The van der Waals surface area contributed by atoms with E-state index in [4.69, 9.17) is 0 Å². The van der Waals surface area contributed by atoms with Gasteiger partial charge >= 0.3 is 0 Å². The molecule has 0 saturated heterocycles. The Bertz CT molecular complexity index is 297. The monoisotopic (exact) mass is 194 g/mol. The molecular weight excluding hydrogens is 176 g/mol. The third-order valence-electron chi connectivity index (χ3n) is 1.93. The van der Waals surface area contributed by atoms with Gasteiger partial charge in [-0.1, -0.05) is 11.6 Å². The van der Waals surface area contributed by atoms with Crippen LogP contribution in [0.1, 0.15) is 26.6 Å². The molecule has 0 fully saturated rings. The molecule has 1 rings (SSSR count). The van der Waals surface area contributed by atoms with E-state index in [-0.39, 0.29) is 0 Å². The maximum absolute atomic E-state index is 4.17. The molecule has 4 nitrogen and oxygen atoms in total. The zero-order chi connectivity index (χ0) is 10.4. The standard InChI is InChI=1S/C10H18N4/c1-4-14-10(12-8-13-14)7-11-6-5-9(2)3/h5,8,11H,4,6-7H2,1-3H3. The number of aromatic nitrogens is 3. The molecule has 4 heteroatoms. The molecular formula is C10H18N4. The summed E-state index contributed by atoms with van der Waals surface area (Å²) >= 11 is 0. The fraction of sp³-hybridized carbons (Fsp3) is 0.600. The average Bonchev–Trinajstić information content (AvgIpc) is 2.59. The third kappa shape index (κ3) is 3.30. The summed E-state index contributed by atoms with van der Waals surface area (Å²) < 4.78 is 1.90. The second kappa shape index (κ2) is 5.54. The van der Waals surface area contributed by atoms with Crippen LogP contribution in [-0.2, 0) is 13.1 Å². The molecule has 0 unspecified atom stereocenters. The van der Waals surface area contributed by atoms with E-state index in [9.17, 15) is 0 Å². The van der Waals surface area contributed by atoms with E-state index in [1.165, 1.54) is 5.57 Å². The quantitative estimate of drug-likeness (QED) is 0.568. The van der Waals surface area contributed by atoms with Crippen molar-refractivity contribution in [1.82, 2.24) is 20.1 Å². The van der Waals surface area contributed by atoms with Crippen molar-refractivity contribution in [2.24, 2.45) is 0 Å². The second-order valence-corrected chi connectivity index (χ2v) is 3.40. The van der Waals surface area contributed by atoms with Gasteiger partial charge in [0.25, 0.3) is 0 Å². The zero-order valence-electron chi connectivity index (χ0n) is 9.12. The first-order valence-electron chi connectivity index (χ1n) is 4.94. The van der Waals surface area contributed by atoms with E-state index < -0.39 is 0 Å². The summed E-state index contributed by atoms with van der Waals surface area (Å²) in [4.78, 5) is 4.17. The number of rotatable bonds is 5. The SMILES string of the molecule is CCn1ncnc1CNCC=C(C)C. The minimum Gasteiger partial charge on any atom is -0.306 e. The van der Waals surface area contributed by atoms with Crippen LogP contribution in [0.4, 0.5) is 0 Å². The van der Waals surface area contributed by atoms with E-state index in [1.54, 1.807) is 6.33 Å². The Hall–Kier alpha value is -1.16. The van der Waals surface area contributed by atoms with Gasteiger partial charge in [-0.15, -0.1) is 0 Å². The smallest absolute Gasteiger partial charge is 0.140 e. The molecule has 0 aromatic carbocycles. The lowest BCUT2D eigenvalue weighted by Gasteiger charge is -2.03. The van der Waals surface area contributed by atoms with Crippen LogP contribution in [0.25, 0.3) is 0 Å². The van der Waals surface area contributed by atoms with Gasteiger partial charge < -0.3 is 5.32 Å². The van der Waals surface area contributed by atoms with Gasteiger partial charge in [-0.3, -0.25) is 0 Å². The van der Waals surface area contributed by atoms with Gasteiger partial charge in [0.15, 0.2) is 0 Å². The van der Waals surface area contributed by atoms with Crippen molar-refractivity contribution < 1.29 is 0 Å². The minimum absolute atomic E-state index is 0.775.